The van der Waals surface area contributed by atoms with Crippen LogP contribution in [0.15, 0.2) is 47.2 Å². The first-order chi connectivity index (χ1) is 25.9. The summed E-state index contributed by atoms with van der Waals surface area (Å²) in [6.45, 7) is 0. The molecule has 0 aliphatic heterocycles. The highest BCUT2D eigenvalue weighted by Gasteiger charge is 2.64. The van der Waals surface area contributed by atoms with Gasteiger partial charge in [-0.1, -0.05) is 61.5 Å². The van der Waals surface area contributed by atoms with Gasteiger partial charge in [0.2, 0.25) is 5.78 Å². The van der Waals surface area contributed by atoms with Gasteiger partial charge in [0.15, 0.2) is 11.4 Å². The molecule has 2 aromatic carbocycles. The van der Waals surface area contributed by atoms with Gasteiger partial charge in [-0.05, 0) is 117 Å². The Morgan fingerprint density at radius 1 is 0.852 bits per heavy atom. The first-order valence-electron chi connectivity index (χ1n) is 19.5. The zero-order valence-electron chi connectivity index (χ0n) is 31.0. The van der Waals surface area contributed by atoms with Gasteiger partial charge in [0.05, 0.1) is 11.6 Å². The summed E-state index contributed by atoms with van der Waals surface area (Å²) in [6, 6.07) is 8.53. The summed E-state index contributed by atoms with van der Waals surface area (Å²) in [5.41, 5.74) is 6.93. The molecule has 1 amide bonds. The second kappa shape index (κ2) is 13.8. The van der Waals surface area contributed by atoms with Crippen LogP contribution in [0, 0.1) is 59.2 Å². The highest BCUT2D eigenvalue weighted by atomic mass is 16.3. The molecule has 8 rings (SSSR count). The third-order valence-corrected chi connectivity index (χ3v) is 13.6. The average Bonchev–Trinajstić information content (AvgIpc) is 3.13. The van der Waals surface area contributed by atoms with E-state index in [1.807, 2.05) is 0 Å². The Morgan fingerprint density at radius 3 is 2.15 bits per heavy atom. The van der Waals surface area contributed by atoms with Crippen LogP contribution >= 0.6 is 0 Å². The fourth-order valence-electron chi connectivity index (χ4n) is 11.1. The zero-order chi connectivity index (χ0) is 38.1. The Balaban J connectivity index is 1.02. The number of nitrogens with zero attached hydrogens (tertiary/aromatic N) is 1. The molecule has 0 heterocycles. The summed E-state index contributed by atoms with van der Waals surface area (Å²) >= 11 is 0. The minimum atomic E-state index is -2.67. The molecule has 0 saturated heterocycles. The Morgan fingerprint density at radius 2 is 1.50 bits per heavy atom. The number of aromatic hydroxyl groups is 1. The van der Waals surface area contributed by atoms with Crippen molar-refractivity contribution in [3.8, 4) is 29.4 Å². The lowest BCUT2D eigenvalue weighted by molar-refractivity contribution is -0.153. The van der Waals surface area contributed by atoms with E-state index < -0.39 is 58.0 Å². The van der Waals surface area contributed by atoms with E-state index in [4.69, 9.17) is 5.73 Å². The van der Waals surface area contributed by atoms with Crippen LogP contribution in [-0.2, 0) is 33.6 Å². The minimum absolute atomic E-state index is 0.0234. The molecule has 9 nitrogen and oxygen atoms in total. The van der Waals surface area contributed by atoms with Gasteiger partial charge >= 0.3 is 0 Å². The Bertz CT molecular complexity index is 2160. The number of fused-ring (bicyclic) bond motifs is 6. The molecular formula is C45H48N2O7. The van der Waals surface area contributed by atoms with Gasteiger partial charge in [-0.25, -0.2) is 0 Å². The van der Waals surface area contributed by atoms with Crippen molar-refractivity contribution in [2.75, 3.05) is 14.1 Å². The van der Waals surface area contributed by atoms with Crippen LogP contribution in [0.4, 0.5) is 0 Å². The zero-order valence-corrected chi connectivity index (χ0v) is 31.0. The molecule has 280 valence electrons. The topological polar surface area (TPSA) is 161 Å². The number of hydrogen-bond acceptors (Lipinski definition) is 8. The molecule has 6 aliphatic carbocycles. The Labute approximate surface area is 316 Å². The van der Waals surface area contributed by atoms with Crippen molar-refractivity contribution in [3.63, 3.8) is 0 Å². The first-order valence-corrected chi connectivity index (χ1v) is 19.5. The number of carbonyl (C=O) groups is 3. The standard InChI is InChI=1S/C45H48N2O7/c1-47(2)39-34-23-31-22-33-25(16-17-35(48)37(33)40(49)36(31)42(51)45(34,54)43(52)38(41(39)50)44(46)53)11-6-4-3-5-10-24-14-9-15-28-20-29-18-26-12-7-8-13-27(26)19-30(29)21-32(24)28/h9,14-17,26-27,29-31,34,39,48-49,52,54H,3-4,7-8,12-13,18-23H2,1-2H3,(H2,46,53)/t26?,27?,29?,30?,31-,34-,39+,45-/m0/s1. The molecule has 3 fully saturated rings. The average molecular weight is 729 g/mol. The number of Topliss-reactive ketones (excluding diaryl/α,β-unsaturated/α-hetero) is 2. The van der Waals surface area contributed by atoms with Gasteiger partial charge in [-0.3, -0.25) is 19.3 Å². The van der Waals surface area contributed by atoms with Crippen molar-refractivity contribution in [2.24, 2.45) is 41.2 Å². The Kier molecular flexibility index (Phi) is 9.23. The monoisotopic (exact) mass is 728 g/mol. The van der Waals surface area contributed by atoms with E-state index in [-0.39, 0.29) is 29.7 Å². The van der Waals surface area contributed by atoms with Gasteiger partial charge in [0.1, 0.15) is 22.8 Å². The number of hydrogen-bond donors (Lipinski definition) is 5. The van der Waals surface area contributed by atoms with Crippen molar-refractivity contribution in [3.05, 3.63) is 80.6 Å². The predicted molar refractivity (Wildman–Crippen MR) is 203 cm³/mol. The largest absolute Gasteiger partial charge is 0.508 e. The van der Waals surface area contributed by atoms with Crippen molar-refractivity contribution < 1.29 is 34.8 Å². The predicted octanol–water partition coefficient (Wildman–Crippen LogP) is 5.08. The number of benzene rings is 2. The summed E-state index contributed by atoms with van der Waals surface area (Å²) in [7, 11) is 3.15. The summed E-state index contributed by atoms with van der Waals surface area (Å²) in [5.74, 6) is 9.85. The van der Waals surface area contributed by atoms with Crippen LogP contribution in [-0.4, -0.2) is 68.5 Å². The molecule has 0 aromatic heterocycles. The van der Waals surface area contributed by atoms with Crippen LogP contribution in [0.1, 0.15) is 91.2 Å². The maximum Gasteiger partial charge on any atom is 0.255 e. The number of ketones is 2. The third kappa shape index (κ3) is 5.76. The highest BCUT2D eigenvalue weighted by Crippen LogP contribution is 2.53. The number of phenolic OH excluding ortho intramolecular Hbond substituents is 1. The van der Waals surface area contributed by atoms with E-state index in [1.165, 1.54) is 67.0 Å². The summed E-state index contributed by atoms with van der Waals surface area (Å²) < 4.78 is 0. The van der Waals surface area contributed by atoms with Gasteiger partial charge < -0.3 is 26.2 Å². The number of phenols is 1. The number of carbonyl (C=O) groups excluding carboxylic acids is 3. The van der Waals surface area contributed by atoms with Crippen LogP contribution in [0.3, 0.4) is 0 Å². The molecular weight excluding hydrogens is 681 g/mol. The van der Waals surface area contributed by atoms with Gasteiger partial charge in [0.25, 0.3) is 5.91 Å². The smallest absolute Gasteiger partial charge is 0.255 e. The third-order valence-electron chi connectivity index (χ3n) is 13.6. The molecule has 3 saturated carbocycles. The molecule has 6 aliphatic rings. The maximum absolute atomic E-state index is 14.1. The SMILES string of the molecule is CN(C)[C@H]1C(=O)C(C(N)=O)=C(O)[C@@]2(O)C(=O)C3=C(O)c4c(O)ccc(C#CCCC#Cc5cccc6c5CC5CC7CCCCC7CC5C6)c4C[C@H]3C[C@@H]12. The Hall–Kier alpha value is -4.83. The van der Waals surface area contributed by atoms with E-state index in [2.05, 4.69) is 41.9 Å². The van der Waals surface area contributed by atoms with E-state index >= 15 is 0 Å². The van der Waals surface area contributed by atoms with E-state index in [9.17, 15) is 34.8 Å². The molecule has 0 bridgehead atoms. The van der Waals surface area contributed by atoms with Crippen molar-refractivity contribution in [1.29, 1.82) is 0 Å². The van der Waals surface area contributed by atoms with Gasteiger partial charge in [-0.2, -0.15) is 0 Å². The summed E-state index contributed by atoms with van der Waals surface area (Å²) in [5, 5.41) is 45.3. The number of aliphatic hydroxyl groups excluding tert-OH is 2. The molecule has 0 radical (unpaired) electrons. The second-order valence-corrected chi connectivity index (χ2v) is 16.7. The number of primary amides is 1. The van der Waals surface area contributed by atoms with Crippen LogP contribution in [0.2, 0.25) is 0 Å². The lowest BCUT2D eigenvalue weighted by Gasteiger charge is -2.50. The maximum atomic E-state index is 14.1. The second-order valence-electron chi connectivity index (χ2n) is 16.7. The lowest BCUT2D eigenvalue weighted by atomic mass is 9.57. The fraction of sp³-hybridized carbons (Fsp3) is 0.489. The molecule has 6 N–H and O–H groups in total. The van der Waals surface area contributed by atoms with Crippen molar-refractivity contribution >= 4 is 23.2 Å². The number of unbranched alkanes of at least 4 members (excludes halogenated alkanes) is 1. The van der Waals surface area contributed by atoms with E-state index in [0.717, 1.165) is 35.7 Å². The number of aliphatic hydroxyl groups is 3. The quantitative estimate of drug-likeness (QED) is 0.166. The number of amides is 1. The molecule has 2 aromatic rings. The van der Waals surface area contributed by atoms with Crippen LogP contribution in [0.25, 0.3) is 5.76 Å². The molecule has 4 unspecified atom stereocenters. The summed E-state index contributed by atoms with van der Waals surface area (Å²) in [6.07, 6.45) is 12.0. The normalized spacial score (nSPS) is 31.1. The van der Waals surface area contributed by atoms with Gasteiger partial charge in [0, 0.05) is 35.5 Å². The summed E-state index contributed by atoms with van der Waals surface area (Å²) in [4.78, 5) is 41.2. The molecule has 54 heavy (non-hydrogen) atoms. The van der Waals surface area contributed by atoms with E-state index in [1.54, 1.807) is 20.2 Å². The molecule has 9 heteroatoms. The number of rotatable bonds is 3. The molecule has 8 atom stereocenters. The van der Waals surface area contributed by atoms with E-state index in [0.29, 0.717) is 24.0 Å². The minimum Gasteiger partial charge on any atom is -0.508 e. The highest BCUT2D eigenvalue weighted by molar-refractivity contribution is 6.24. The van der Waals surface area contributed by atoms with Crippen molar-refractivity contribution in [2.45, 2.75) is 88.7 Å². The number of likely N-dealkylation sites (N-methyl/N-ethyl adjacent to an activating group) is 1. The van der Waals surface area contributed by atoms with Crippen LogP contribution < -0.4 is 5.73 Å². The van der Waals surface area contributed by atoms with Crippen molar-refractivity contribution in [1.82, 2.24) is 4.90 Å². The first kappa shape index (κ1) is 36.2. The lowest BCUT2D eigenvalue weighted by Crippen LogP contribution is -2.65. The van der Waals surface area contributed by atoms with Crippen LogP contribution in [0.5, 0.6) is 5.75 Å². The fourth-order valence-corrected chi connectivity index (χ4v) is 11.1. The molecule has 0 spiro atoms. The van der Waals surface area contributed by atoms with Gasteiger partial charge in [-0.15, -0.1) is 0 Å². The number of nitrogens with two attached hydrogens (primary N) is 1.